The van der Waals surface area contributed by atoms with Crippen molar-refractivity contribution in [3.63, 3.8) is 0 Å². The van der Waals surface area contributed by atoms with Crippen molar-refractivity contribution in [3.8, 4) is 5.69 Å². The fourth-order valence-corrected chi connectivity index (χ4v) is 2.67. The molecule has 6 nitrogen and oxygen atoms in total. The lowest BCUT2D eigenvalue weighted by atomic mass is 10.2. The lowest BCUT2D eigenvalue weighted by Gasteiger charge is -2.24. The maximum atomic E-state index is 12.7. The number of hydrogen-bond acceptors (Lipinski definition) is 5. The number of aryl methyl sites for hydroxylation is 1. The van der Waals surface area contributed by atoms with Gasteiger partial charge in [-0.3, -0.25) is 4.90 Å². The van der Waals surface area contributed by atoms with Crippen LogP contribution in [0, 0.1) is 6.92 Å². The highest BCUT2D eigenvalue weighted by atomic mass is 19.4. The summed E-state index contributed by atoms with van der Waals surface area (Å²) in [5.41, 5.74) is -0.238. The highest BCUT2D eigenvalue weighted by Crippen LogP contribution is 2.29. The Balaban J connectivity index is 1.80. The minimum atomic E-state index is -4.38. The van der Waals surface area contributed by atoms with Gasteiger partial charge in [0.2, 0.25) is 0 Å². The topological polar surface area (TPSA) is 60.0 Å². The zero-order valence-electron chi connectivity index (χ0n) is 15.2. The molecule has 3 aromatic rings. The van der Waals surface area contributed by atoms with E-state index in [1.54, 1.807) is 0 Å². The molecule has 9 heteroatoms. The van der Waals surface area contributed by atoms with Gasteiger partial charge in [0.1, 0.15) is 11.5 Å². The van der Waals surface area contributed by atoms with Crippen LogP contribution in [0.3, 0.4) is 0 Å². The maximum Gasteiger partial charge on any atom is 0.416 e. The summed E-state index contributed by atoms with van der Waals surface area (Å²) in [5.74, 6) is 2.20. The van der Waals surface area contributed by atoms with Gasteiger partial charge in [0.15, 0.2) is 5.82 Å². The van der Waals surface area contributed by atoms with Gasteiger partial charge in [0.05, 0.1) is 24.3 Å². The van der Waals surface area contributed by atoms with E-state index in [9.17, 15) is 13.2 Å². The van der Waals surface area contributed by atoms with Crippen LogP contribution in [-0.4, -0.2) is 31.1 Å². The van der Waals surface area contributed by atoms with Crippen molar-refractivity contribution in [2.24, 2.45) is 0 Å². The predicted molar refractivity (Wildman–Crippen MR) is 92.0 cm³/mol. The average Bonchev–Trinajstić information content (AvgIpc) is 3.22. The quantitative estimate of drug-likeness (QED) is 0.648. The monoisotopic (exact) mass is 379 g/mol. The summed E-state index contributed by atoms with van der Waals surface area (Å²) in [5, 5.41) is 11.7. The number of tetrazole rings is 1. The first-order chi connectivity index (χ1) is 12.7. The minimum absolute atomic E-state index is 0.188. The van der Waals surface area contributed by atoms with Crippen LogP contribution in [0.25, 0.3) is 5.69 Å². The van der Waals surface area contributed by atoms with E-state index >= 15 is 0 Å². The van der Waals surface area contributed by atoms with Gasteiger partial charge in [-0.1, -0.05) is 0 Å². The molecule has 2 heterocycles. The van der Waals surface area contributed by atoms with Gasteiger partial charge in [0, 0.05) is 6.04 Å². The minimum Gasteiger partial charge on any atom is -0.465 e. The Hall–Kier alpha value is -2.68. The van der Waals surface area contributed by atoms with Crippen molar-refractivity contribution in [2.75, 3.05) is 0 Å². The molecule has 0 bridgehead atoms. The molecule has 3 rings (SSSR count). The molecule has 144 valence electrons. The second-order valence-corrected chi connectivity index (χ2v) is 6.56. The molecule has 0 unspecified atom stereocenters. The Labute approximate surface area is 154 Å². The number of benzene rings is 1. The smallest absolute Gasteiger partial charge is 0.416 e. The Bertz CT molecular complexity index is 883. The molecular weight excluding hydrogens is 359 g/mol. The molecule has 0 aliphatic carbocycles. The Morgan fingerprint density at radius 2 is 1.78 bits per heavy atom. The van der Waals surface area contributed by atoms with Gasteiger partial charge in [-0.15, -0.1) is 5.10 Å². The number of furan rings is 1. The van der Waals surface area contributed by atoms with E-state index in [1.165, 1.54) is 16.8 Å². The first-order valence-electron chi connectivity index (χ1n) is 8.48. The first kappa shape index (κ1) is 19.1. The third kappa shape index (κ3) is 4.54. The largest absolute Gasteiger partial charge is 0.465 e. The van der Waals surface area contributed by atoms with Crippen molar-refractivity contribution < 1.29 is 17.6 Å². The molecule has 27 heavy (non-hydrogen) atoms. The molecule has 0 aliphatic heterocycles. The standard InChI is InChI=1S/C18H20F3N5O/c1-12(2)25(10-16-9-4-13(3)27-16)11-17-22-23-24-26(17)15-7-5-14(6-8-15)18(19,20)21/h4-9,12H,10-11H2,1-3H3. The van der Waals surface area contributed by atoms with Crippen molar-refractivity contribution in [1.29, 1.82) is 0 Å². The zero-order valence-corrected chi connectivity index (χ0v) is 15.2. The van der Waals surface area contributed by atoms with Crippen molar-refractivity contribution in [1.82, 2.24) is 25.1 Å². The third-order valence-electron chi connectivity index (χ3n) is 4.20. The number of rotatable bonds is 6. The zero-order chi connectivity index (χ0) is 19.6. The fraction of sp³-hybridized carbons (Fsp3) is 0.389. The number of alkyl halides is 3. The Kier molecular flexibility index (Phi) is 5.31. The fourth-order valence-electron chi connectivity index (χ4n) is 2.67. The summed E-state index contributed by atoms with van der Waals surface area (Å²) in [6.45, 7) is 6.97. The summed E-state index contributed by atoms with van der Waals surface area (Å²) >= 11 is 0. The molecule has 0 aliphatic rings. The first-order valence-corrected chi connectivity index (χ1v) is 8.48. The summed E-state index contributed by atoms with van der Waals surface area (Å²) in [6, 6.07) is 8.77. The van der Waals surface area contributed by atoms with Crippen molar-refractivity contribution in [2.45, 2.75) is 46.1 Å². The van der Waals surface area contributed by atoms with Gasteiger partial charge < -0.3 is 4.42 Å². The second-order valence-electron chi connectivity index (χ2n) is 6.56. The lowest BCUT2D eigenvalue weighted by Crippen LogP contribution is -2.31. The van der Waals surface area contributed by atoms with Crippen LogP contribution in [0.1, 0.15) is 36.8 Å². The van der Waals surface area contributed by atoms with Gasteiger partial charge in [0.25, 0.3) is 0 Å². The second kappa shape index (κ2) is 7.51. The van der Waals surface area contributed by atoms with Gasteiger partial charge in [-0.2, -0.15) is 17.9 Å². The number of nitrogens with zero attached hydrogens (tertiary/aromatic N) is 5. The summed E-state index contributed by atoms with van der Waals surface area (Å²) < 4.78 is 45.3. The summed E-state index contributed by atoms with van der Waals surface area (Å²) in [7, 11) is 0. The van der Waals surface area contributed by atoms with Crippen molar-refractivity contribution >= 4 is 0 Å². The normalized spacial score (nSPS) is 12.3. The number of hydrogen-bond donors (Lipinski definition) is 0. The molecule has 0 N–H and O–H groups in total. The lowest BCUT2D eigenvalue weighted by molar-refractivity contribution is -0.137. The summed E-state index contributed by atoms with van der Waals surface area (Å²) in [4.78, 5) is 2.12. The summed E-state index contributed by atoms with van der Waals surface area (Å²) in [6.07, 6.45) is -4.38. The molecular formula is C18H20F3N5O. The highest BCUT2D eigenvalue weighted by molar-refractivity contribution is 5.35. The molecule has 0 saturated carbocycles. The van der Waals surface area contributed by atoms with Crippen molar-refractivity contribution in [3.05, 3.63) is 59.3 Å². The van der Waals surface area contributed by atoms with E-state index in [0.717, 1.165) is 23.7 Å². The van der Waals surface area contributed by atoms with E-state index in [2.05, 4.69) is 20.4 Å². The third-order valence-corrected chi connectivity index (χ3v) is 4.20. The predicted octanol–water partition coefficient (Wildman–Crippen LogP) is 3.99. The van der Waals surface area contributed by atoms with E-state index in [0.29, 0.717) is 24.6 Å². The maximum absolute atomic E-state index is 12.7. The average molecular weight is 379 g/mol. The number of halogens is 3. The van der Waals surface area contributed by atoms with Crippen LogP contribution in [0.2, 0.25) is 0 Å². The highest BCUT2D eigenvalue weighted by Gasteiger charge is 2.30. The van der Waals surface area contributed by atoms with Crippen LogP contribution < -0.4 is 0 Å². The Morgan fingerprint density at radius 3 is 2.33 bits per heavy atom. The molecule has 0 radical (unpaired) electrons. The molecule has 0 amide bonds. The molecule has 0 saturated heterocycles. The van der Waals surface area contributed by atoms with Gasteiger partial charge in [-0.25, -0.2) is 0 Å². The van der Waals surface area contributed by atoms with E-state index in [1.807, 2.05) is 32.9 Å². The van der Waals surface area contributed by atoms with E-state index < -0.39 is 11.7 Å². The van der Waals surface area contributed by atoms with Crippen LogP contribution >= 0.6 is 0 Å². The molecule has 0 spiro atoms. The molecule has 0 fully saturated rings. The molecule has 2 aromatic heterocycles. The van der Waals surface area contributed by atoms with Crippen LogP contribution in [-0.2, 0) is 19.3 Å². The molecule has 1 aromatic carbocycles. The van der Waals surface area contributed by atoms with Crippen LogP contribution in [0.15, 0.2) is 40.8 Å². The van der Waals surface area contributed by atoms with Gasteiger partial charge in [-0.05, 0) is 67.6 Å². The number of aromatic nitrogens is 4. The van der Waals surface area contributed by atoms with Crippen LogP contribution in [0.4, 0.5) is 13.2 Å². The van der Waals surface area contributed by atoms with Crippen LogP contribution in [0.5, 0.6) is 0 Å². The molecule has 0 atom stereocenters. The van der Waals surface area contributed by atoms with E-state index in [-0.39, 0.29) is 6.04 Å². The van der Waals surface area contributed by atoms with E-state index in [4.69, 9.17) is 4.42 Å². The van der Waals surface area contributed by atoms with Gasteiger partial charge >= 0.3 is 6.18 Å². The SMILES string of the molecule is Cc1ccc(CN(Cc2nnnn2-c2ccc(C(F)(F)F)cc2)C(C)C)o1. The Morgan fingerprint density at radius 1 is 1.07 bits per heavy atom.